The second-order valence-electron chi connectivity index (χ2n) is 4.82. The topological polar surface area (TPSA) is 53.0 Å². The summed E-state index contributed by atoms with van der Waals surface area (Å²) in [7, 11) is 1.93. The summed E-state index contributed by atoms with van der Waals surface area (Å²) in [5, 5.41) is 8.96. The zero-order valence-electron chi connectivity index (χ0n) is 11.4. The number of carbonyl (C=O) groups excluding carboxylic acids is 1. The Hall–Kier alpha value is -0.660. The van der Waals surface area contributed by atoms with Crippen LogP contribution in [0.2, 0.25) is 4.34 Å². The van der Waals surface area contributed by atoms with Gasteiger partial charge in [-0.2, -0.15) is 0 Å². The van der Waals surface area contributed by atoms with E-state index in [1.807, 2.05) is 16.8 Å². The van der Waals surface area contributed by atoms with Crippen LogP contribution in [-0.2, 0) is 4.74 Å². The van der Waals surface area contributed by atoms with E-state index in [0.717, 1.165) is 0 Å². The van der Waals surface area contributed by atoms with Crippen molar-refractivity contribution >= 4 is 28.8 Å². The smallest absolute Gasteiger partial charge is 0.264 e. The Morgan fingerprint density at radius 2 is 2.45 bits per heavy atom. The van der Waals surface area contributed by atoms with Gasteiger partial charge in [-0.25, -0.2) is 0 Å². The van der Waals surface area contributed by atoms with Gasteiger partial charge in [-0.1, -0.05) is 11.6 Å². The van der Waals surface area contributed by atoms with Crippen LogP contribution in [0.4, 0.5) is 0 Å². The molecule has 5 nitrogen and oxygen atoms in total. The number of carbonyl (C=O) groups is 1. The van der Waals surface area contributed by atoms with Crippen molar-refractivity contribution in [1.82, 2.24) is 9.80 Å². The number of thiophene rings is 1. The maximum absolute atomic E-state index is 12.5. The highest BCUT2D eigenvalue weighted by atomic mass is 35.5. The molecule has 1 amide bonds. The summed E-state index contributed by atoms with van der Waals surface area (Å²) in [5.74, 6) is 0.00704. The van der Waals surface area contributed by atoms with Gasteiger partial charge in [0.05, 0.1) is 35.1 Å². The van der Waals surface area contributed by atoms with Gasteiger partial charge in [0.1, 0.15) is 0 Å². The van der Waals surface area contributed by atoms with E-state index in [0.29, 0.717) is 42.1 Å². The van der Waals surface area contributed by atoms with E-state index >= 15 is 0 Å². The van der Waals surface area contributed by atoms with Crippen LogP contribution in [0.25, 0.3) is 0 Å². The largest absolute Gasteiger partial charge is 0.395 e. The lowest BCUT2D eigenvalue weighted by Gasteiger charge is -2.37. The number of hydrogen-bond acceptors (Lipinski definition) is 5. The molecular formula is C13H19ClN2O3S. The fraction of sp³-hybridized carbons (Fsp3) is 0.615. The molecule has 1 aromatic heterocycles. The SMILES string of the molecule is CN(CCO)C[C@H]1COCCN1C(=O)c1ccc(Cl)s1. The standard InChI is InChI=1S/C13H19ClN2O3S/c1-15(4-6-17)8-10-9-19-7-5-16(10)13(18)11-2-3-12(14)20-11/h2-3,10,17H,4-9H2,1H3/t10-/m0/s1. The van der Waals surface area contributed by atoms with Crippen LogP contribution < -0.4 is 0 Å². The number of hydrogen-bond donors (Lipinski definition) is 1. The molecule has 0 spiro atoms. The molecule has 0 aliphatic carbocycles. The second kappa shape index (κ2) is 7.38. The monoisotopic (exact) mass is 318 g/mol. The Bertz CT molecular complexity index is 455. The van der Waals surface area contributed by atoms with Crippen molar-refractivity contribution in [2.45, 2.75) is 6.04 Å². The first kappa shape index (κ1) is 15.7. The lowest BCUT2D eigenvalue weighted by Crippen LogP contribution is -2.53. The van der Waals surface area contributed by atoms with Crippen molar-refractivity contribution in [2.75, 3.05) is 46.5 Å². The number of likely N-dealkylation sites (N-methyl/N-ethyl adjacent to an activating group) is 1. The van der Waals surface area contributed by atoms with Crippen LogP contribution in [0, 0.1) is 0 Å². The minimum Gasteiger partial charge on any atom is -0.395 e. The molecule has 1 N–H and O–H groups in total. The van der Waals surface area contributed by atoms with Crippen molar-refractivity contribution in [3.05, 3.63) is 21.3 Å². The fourth-order valence-electron chi connectivity index (χ4n) is 2.27. The minimum atomic E-state index is 0.00704. The van der Waals surface area contributed by atoms with E-state index in [1.165, 1.54) is 11.3 Å². The zero-order chi connectivity index (χ0) is 14.5. The van der Waals surface area contributed by atoms with E-state index in [4.69, 9.17) is 21.4 Å². The number of rotatable bonds is 5. The van der Waals surface area contributed by atoms with Gasteiger partial charge in [0.2, 0.25) is 0 Å². The van der Waals surface area contributed by atoms with Crippen molar-refractivity contribution in [3.8, 4) is 0 Å². The molecule has 112 valence electrons. The van der Waals surface area contributed by atoms with Crippen LogP contribution in [0.5, 0.6) is 0 Å². The Morgan fingerprint density at radius 3 is 3.10 bits per heavy atom. The van der Waals surface area contributed by atoms with Gasteiger partial charge in [0, 0.05) is 19.6 Å². The van der Waals surface area contributed by atoms with Crippen molar-refractivity contribution in [3.63, 3.8) is 0 Å². The van der Waals surface area contributed by atoms with Crippen molar-refractivity contribution in [2.24, 2.45) is 0 Å². The van der Waals surface area contributed by atoms with Gasteiger partial charge in [-0.3, -0.25) is 4.79 Å². The Kier molecular flexibility index (Phi) is 5.80. The number of aliphatic hydroxyl groups is 1. The molecule has 1 aliphatic heterocycles. The molecule has 20 heavy (non-hydrogen) atoms. The summed E-state index contributed by atoms with van der Waals surface area (Å²) in [4.78, 5) is 17.0. The molecule has 0 unspecified atom stereocenters. The third kappa shape index (κ3) is 3.93. The number of ether oxygens (including phenoxy) is 1. The number of nitrogens with zero attached hydrogens (tertiary/aromatic N) is 2. The first-order chi connectivity index (χ1) is 9.61. The Labute approximate surface area is 127 Å². The van der Waals surface area contributed by atoms with Gasteiger partial charge >= 0.3 is 0 Å². The van der Waals surface area contributed by atoms with Gasteiger partial charge in [0.25, 0.3) is 5.91 Å². The molecule has 2 rings (SSSR count). The van der Waals surface area contributed by atoms with Crippen molar-refractivity contribution < 1.29 is 14.6 Å². The Morgan fingerprint density at radius 1 is 1.65 bits per heavy atom. The molecule has 0 radical (unpaired) electrons. The average molecular weight is 319 g/mol. The minimum absolute atomic E-state index is 0.00704. The third-order valence-corrected chi connectivity index (χ3v) is 4.50. The highest BCUT2D eigenvalue weighted by Crippen LogP contribution is 2.24. The molecule has 0 saturated carbocycles. The molecule has 1 aliphatic rings. The van der Waals surface area contributed by atoms with Crippen LogP contribution >= 0.6 is 22.9 Å². The molecule has 1 saturated heterocycles. The number of amides is 1. The van der Waals surface area contributed by atoms with Crippen LogP contribution in [0.3, 0.4) is 0 Å². The van der Waals surface area contributed by atoms with Gasteiger partial charge in [-0.15, -0.1) is 11.3 Å². The maximum Gasteiger partial charge on any atom is 0.264 e. The zero-order valence-corrected chi connectivity index (χ0v) is 13.0. The van der Waals surface area contributed by atoms with E-state index in [-0.39, 0.29) is 18.6 Å². The lowest BCUT2D eigenvalue weighted by atomic mass is 10.2. The van der Waals surface area contributed by atoms with E-state index in [2.05, 4.69) is 0 Å². The quantitative estimate of drug-likeness (QED) is 0.885. The summed E-state index contributed by atoms with van der Waals surface area (Å²) >= 11 is 7.19. The maximum atomic E-state index is 12.5. The van der Waals surface area contributed by atoms with E-state index < -0.39 is 0 Å². The number of morpholine rings is 1. The average Bonchev–Trinajstić information content (AvgIpc) is 2.85. The molecule has 1 aromatic rings. The normalized spacial score (nSPS) is 19.6. The predicted octanol–water partition coefficient (Wildman–Crippen LogP) is 1.17. The first-order valence-corrected chi connectivity index (χ1v) is 7.74. The summed E-state index contributed by atoms with van der Waals surface area (Å²) < 4.78 is 6.10. The van der Waals surface area contributed by atoms with E-state index in [9.17, 15) is 4.79 Å². The first-order valence-electron chi connectivity index (χ1n) is 6.55. The van der Waals surface area contributed by atoms with Crippen LogP contribution in [-0.4, -0.2) is 73.4 Å². The highest BCUT2D eigenvalue weighted by Gasteiger charge is 2.29. The van der Waals surface area contributed by atoms with Crippen LogP contribution in [0.1, 0.15) is 9.67 Å². The van der Waals surface area contributed by atoms with Gasteiger partial charge in [-0.05, 0) is 19.2 Å². The predicted molar refractivity (Wildman–Crippen MR) is 79.6 cm³/mol. The molecule has 0 bridgehead atoms. The number of halogens is 1. The Balaban J connectivity index is 2.04. The molecule has 7 heteroatoms. The highest BCUT2D eigenvalue weighted by molar-refractivity contribution is 7.17. The summed E-state index contributed by atoms with van der Waals surface area (Å²) in [6.45, 7) is 3.06. The van der Waals surface area contributed by atoms with Crippen molar-refractivity contribution in [1.29, 1.82) is 0 Å². The summed E-state index contributed by atoms with van der Waals surface area (Å²) in [6.07, 6.45) is 0. The van der Waals surface area contributed by atoms with Gasteiger partial charge in [0.15, 0.2) is 0 Å². The number of aliphatic hydroxyl groups excluding tert-OH is 1. The third-order valence-electron chi connectivity index (χ3n) is 3.28. The second-order valence-corrected chi connectivity index (χ2v) is 6.53. The molecule has 0 aromatic carbocycles. The van der Waals surface area contributed by atoms with E-state index in [1.54, 1.807) is 12.1 Å². The molecule has 2 heterocycles. The molecular weight excluding hydrogens is 300 g/mol. The summed E-state index contributed by atoms with van der Waals surface area (Å²) in [5.41, 5.74) is 0. The van der Waals surface area contributed by atoms with Crippen LogP contribution in [0.15, 0.2) is 12.1 Å². The molecule has 1 atom stereocenters. The fourth-order valence-corrected chi connectivity index (χ4v) is 3.27. The summed E-state index contributed by atoms with van der Waals surface area (Å²) in [6, 6.07) is 3.51. The van der Waals surface area contributed by atoms with Gasteiger partial charge < -0.3 is 19.6 Å². The molecule has 1 fully saturated rings. The lowest BCUT2D eigenvalue weighted by molar-refractivity contribution is -0.0107.